The molecule has 0 bridgehead atoms. The highest BCUT2D eigenvalue weighted by Crippen LogP contribution is 2.32. The summed E-state index contributed by atoms with van der Waals surface area (Å²) >= 11 is 1.48. The summed E-state index contributed by atoms with van der Waals surface area (Å²) in [5.74, 6) is 0.421. The second-order valence-corrected chi connectivity index (χ2v) is 7.44. The van der Waals surface area contributed by atoms with Gasteiger partial charge in [0, 0.05) is 35.6 Å². The van der Waals surface area contributed by atoms with Crippen molar-refractivity contribution in [1.29, 1.82) is 0 Å². The van der Waals surface area contributed by atoms with Crippen LogP contribution in [0, 0.1) is 6.92 Å². The maximum absolute atomic E-state index is 12.7. The molecule has 142 valence electrons. The van der Waals surface area contributed by atoms with Gasteiger partial charge in [-0.1, -0.05) is 30.0 Å². The quantitative estimate of drug-likeness (QED) is 0.654. The molecule has 1 aromatic carbocycles. The predicted molar refractivity (Wildman–Crippen MR) is 107 cm³/mol. The van der Waals surface area contributed by atoms with Gasteiger partial charge in [-0.05, 0) is 19.1 Å². The Bertz CT molecular complexity index is 1150. The zero-order chi connectivity index (χ0) is 19.7. The average molecular weight is 395 g/mol. The van der Waals surface area contributed by atoms with Crippen LogP contribution in [0.1, 0.15) is 18.2 Å². The van der Waals surface area contributed by atoms with E-state index in [9.17, 15) is 14.4 Å². The van der Waals surface area contributed by atoms with Gasteiger partial charge in [-0.25, -0.2) is 10.1 Å². The first kappa shape index (κ1) is 18.2. The van der Waals surface area contributed by atoms with Crippen LogP contribution in [0.15, 0.2) is 57.2 Å². The highest BCUT2D eigenvalue weighted by Gasteiger charge is 2.27. The Balaban J connectivity index is 1.54. The number of hydrogen-bond acceptors (Lipinski definition) is 6. The molecule has 4 rings (SSSR count). The Morgan fingerprint density at radius 1 is 1.29 bits per heavy atom. The molecule has 0 saturated heterocycles. The van der Waals surface area contributed by atoms with Crippen LogP contribution in [0.5, 0.6) is 0 Å². The highest BCUT2D eigenvalue weighted by molar-refractivity contribution is 7.99. The van der Waals surface area contributed by atoms with Crippen LogP contribution >= 0.6 is 11.8 Å². The summed E-state index contributed by atoms with van der Waals surface area (Å²) in [6, 6.07) is 11.5. The number of anilines is 1. The van der Waals surface area contributed by atoms with Gasteiger partial charge in [0.05, 0.1) is 17.4 Å². The molecular weight excluding hydrogens is 378 g/mol. The number of H-pyrrole nitrogens is 1. The fourth-order valence-electron chi connectivity index (χ4n) is 3.14. The third-order valence-electron chi connectivity index (χ3n) is 4.40. The van der Waals surface area contributed by atoms with E-state index in [1.807, 2.05) is 18.2 Å². The van der Waals surface area contributed by atoms with Crippen molar-refractivity contribution in [3.8, 4) is 11.3 Å². The van der Waals surface area contributed by atoms with Crippen LogP contribution in [0.3, 0.4) is 0 Å². The molecule has 1 atom stereocenters. The molecule has 3 aromatic rings. The molecular formula is C19H17N5O3S. The number of amides is 1. The van der Waals surface area contributed by atoms with E-state index in [4.69, 9.17) is 0 Å². The molecule has 2 N–H and O–H groups in total. The van der Waals surface area contributed by atoms with Gasteiger partial charge in [-0.2, -0.15) is 5.10 Å². The van der Waals surface area contributed by atoms with E-state index in [0.29, 0.717) is 33.5 Å². The van der Waals surface area contributed by atoms with Crippen molar-refractivity contribution in [2.24, 2.45) is 0 Å². The number of hydrogen-bond donors (Lipinski definition) is 2. The van der Waals surface area contributed by atoms with E-state index in [2.05, 4.69) is 20.5 Å². The maximum Gasteiger partial charge on any atom is 0.264 e. The first-order valence-corrected chi connectivity index (χ1v) is 9.68. The topological polar surface area (TPSA) is 110 Å². The number of carbonyl (C=O) groups is 1. The minimum Gasteiger partial charge on any atom is -0.325 e. The number of aryl methyl sites for hydroxylation is 1. The maximum atomic E-state index is 12.7. The number of nitrogens with zero attached hydrogens (tertiary/aromatic N) is 3. The van der Waals surface area contributed by atoms with Crippen molar-refractivity contribution in [3.05, 3.63) is 68.9 Å². The molecule has 3 heterocycles. The summed E-state index contributed by atoms with van der Waals surface area (Å²) < 4.78 is 1.59. The first-order valence-electron chi connectivity index (χ1n) is 8.69. The van der Waals surface area contributed by atoms with Crippen LogP contribution in [0.25, 0.3) is 11.3 Å². The van der Waals surface area contributed by atoms with E-state index in [1.165, 1.54) is 23.9 Å². The molecule has 9 heteroatoms. The summed E-state index contributed by atoms with van der Waals surface area (Å²) in [6.07, 6.45) is 0.165. The number of carbonyl (C=O) groups excluding carboxylic acids is 1. The third-order valence-corrected chi connectivity index (χ3v) is 5.49. The van der Waals surface area contributed by atoms with Crippen LogP contribution in [0.4, 0.5) is 5.69 Å². The molecule has 1 amide bonds. The second kappa shape index (κ2) is 7.43. The molecule has 0 radical (unpaired) electrons. The summed E-state index contributed by atoms with van der Waals surface area (Å²) in [4.78, 5) is 40.6. The Morgan fingerprint density at radius 3 is 2.89 bits per heavy atom. The normalized spacial score (nSPS) is 15.2. The highest BCUT2D eigenvalue weighted by atomic mass is 32.2. The van der Waals surface area contributed by atoms with Crippen molar-refractivity contribution >= 4 is 23.4 Å². The summed E-state index contributed by atoms with van der Waals surface area (Å²) in [6.45, 7) is 1.78. The number of aromatic amines is 1. The molecule has 0 aliphatic carbocycles. The molecule has 1 aliphatic rings. The van der Waals surface area contributed by atoms with Gasteiger partial charge in [0.1, 0.15) is 0 Å². The first-order chi connectivity index (χ1) is 13.5. The fourth-order valence-corrected chi connectivity index (χ4v) is 4.33. The van der Waals surface area contributed by atoms with Crippen LogP contribution in [0.2, 0.25) is 0 Å². The van der Waals surface area contributed by atoms with Crippen molar-refractivity contribution in [3.63, 3.8) is 0 Å². The number of fused-ring (bicyclic) bond motifs is 1. The van der Waals surface area contributed by atoms with E-state index in [1.54, 1.807) is 23.6 Å². The molecule has 28 heavy (non-hydrogen) atoms. The monoisotopic (exact) mass is 395 g/mol. The molecule has 8 nitrogen and oxygen atoms in total. The average Bonchev–Trinajstić information content (AvgIpc) is 3.05. The molecule has 1 aliphatic heterocycles. The van der Waals surface area contributed by atoms with Gasteiger partial charge in [0.25, 0.3) is 11.1 Å². The summed E-state index contributed by atoms with van der Waals surface area (Å²) in [7, 11) is 0. The molecule has 0 saturated carbocycles. The van der Waals surface area contributed by atoms with Gasteiger partial charge in [0.2, 0.25) is 5.91 Å². The van der Waals surface area contributed by atoms with Gasteiger partial charge in [0.15, 0.2) is 5.16 Å². The number of benzene rings is 1. The molecule has 2 aromatic heterocycles. The summed E-state index contributed by atoms with van der Waals surface area (Å²) in [5.41, 5.74) is 2.08. The zero-order valence-electron chi connectivity index (χ0n) is 15.0. The van der Waals surface area contributed by atoms with Crippen LogP contribution in [-0.4, -0.2) is 31.4 Å². The van der Waals surface area contributed by atoms with Crippen molar-refractivity contribution in [2.45, 2.75) is 24.5 Å². The van der Waals surface area contributed by atoms with Crippen molar-refractivity contribution in [1.82, 2.24) is 19.7 Å². The Hall–Kier alpha value is -3.20. The largest absolute Gasteiger partial charge is 0.325 e. The van der Waals surface area contributed by atoms with Gasteiger partial charge in [-0.15, -0.1) is 0 Å². The third kappa shape index (κ3) is 3.61. The van der Waals surface area contributed by atoms with Gasteiger partial charge in [-0.3, -0.25) is 19.0 Å². The number of thioether (sulfide) groups is 1. The minimum absolute atomic E-state index is 0.136. The number of rotatable bonds is 4. The van der Waals surface area contributed by atoms with Crippen molar-refractivity contribution < 1.29 is 4.79 Å². The van der Waals surface area contributed by atoms with Crippen LogP contribution in [-0.2, 0) is 4.79 Å². The van der Waals surface area contributed by atoms with E-state index in [0.717, 1.165) is 0 Å². The van der Waals surface area contributed by atoms with E-state index in [-0.39, 0.29) is 29.5 Å². The zero-order valence-corrected chi connectivity index (χ0v) is 15.8. The van der Waals surface area contributed by atoms with E-state index < -0.39 is 0 Å². The van der Waals surface area contributed by atoms with E-state index >= 15 is 0 Å². The molecule has 1 unspecified atom stereocenters. The van der Waals surface area contributed by atoms with Crippen molar-refractivity contribution in [2.75, 3.05) is 11.1 Å². The Kier molecular flexibility index (Phi) is 4.82. The SMILES string of the molecule is Cc1cc(=O)n2c(n1)SCC2CC(=O)Nc1ccccc1-c1ccc(=O)[nH]n1. The molecule has 0 spiro atoms. The van der Waals surface area contributed by atoms with Gasteiger partial charge >= 0.3 is 0 Å². The predicted octanol–water partition coefficient (Wildman–Crippen LogP) is 1.98. The Labute approximate surface area is 164 Å². The number of aromatic nitrogens is 4. The second-order valence-electron chi connectivity index (χ2n) is 6.46. The minimum atomic E-state index is -0.294. The van der Waals surface area contributed by atoms with Crippen LogP contribution < -0.4 is 16.4 Å². The number of nitrogens with one attached hydrogen (secondary N) is 2. The smallest absolute Gasteiger partial charge is 0.264 e. The lowest BCUT2D eigenvalue weighted by molar-refractivity contribution is -0.116. The standard InChI is InChI=1S/C19H17N5O3S/c1-11-8-18(27)24-12(10-28-19(24)20-11)9-17(26)21-14-5-3-2-4-13(14)15-6-7-16(25)23-22-15/h2-8,12H,9-10H2,1H3,(H,21,26)(H,23,25). The lowest BCUT2D eigenvalue weighted by atomic mass is 10.1. The van der Waals surface area contributed by atoms with Gasteiger partial charge < -0.3 is 5.32 Å². The lowest BCUT2D eigenvalue weighted by Crippen LogP contribution is -2.27. The number of para-hydroxylation sites is 1. The summed E-state index contributed by atoms with van der Waals surface area (Å²) in [5, 5.41) is 9.97. The Morgan fingerprint density at radius 2 is 2.11 bits per heavy atom. The lowest BCUT2D eigenvalue weighted by Gasteiger charge is -2.15. The molecule has 0 fully saturated rings. The fraction of sp³-hybridized carbons (Fsp3) is 0.211.